The van der Waals surface area contributed by atoms with Gasteiger partial charge in [0, 0.05) is 43.9 Å². The van der Waals surface area contributed by atoms with E-state index in [9.17, 15) is 64.1 Å². The van der Waals surface area contributed by atoms with E-state index in [2.05, 4.69) is 39.5 Å². The summed E-state index contributed by atoms with van der Waals surface area (Å²) in [5.74, 6) is -2.30. The van der Waals surface area contributed by atoms with Crippen LogP contribution in [0.5, 0.6) is 17.2 Å². The smallest absolute Gasteiger partial charge is 0.296 e. The molecule has 29 heteroatoms. The van der Waals surface area contributed by atoms with E-state index in [0.29, 0.717) is 6.07 Å². The van der Waals surface area contributed by atoms with Crippen molar-refractivity contribution in [2.24, 2.45) is 34.2 Å². The van der Waals surface area contributed by atoms with Crippen molar-refractivity contribution < 1.29 is 58.7 Å². The summed E-state index contributed by atoms with van der Waals surface area (Å²) in [7, 11) is -16.9. The molecule has 0 aromatic heterocycles. The zero-order valence-corrected chi connectivity index (χ0v) is 35.5. The molecule has 25 nitrogen and oxygen atoms in total. The van der Waals surface area contributed by atoms with Crippen LogP contribution in [-0.4, -0.2) is 62.1 Å². The van der Waals surface area contributed by atoms with Crippen LogP contribution >= 0.6 is 10.6 Å². The number of methoxy groups -OCH3 is 1. The molecule has 0 saturated carbocycles. The number of amides is 1. The Hall–Kier alpha value is -7.41. The van der Waals surface area contributed by atoms with Crippen molar-refractivity contribution >= 4 is 103 Å². The number of fused-ring (bicyclic) bond motifs is 2. The minimum Gasteiger partial charge on any atom is -0.507 e. The highest BCUT2D eigenvalue weighted by Crippen LogP contribution is 2.61. The van der Waals surface area contributed by atoms with Gasteiger partial charge in [0.25, 0.3) is 30.4 Å². The predicted molar refractivity (Wildman–Crippen MR) is 230 cm³/mol. The number of phenolic OH excluding ortho intramolecular Hbond substituents is 2. The number of hydrogen-bond donors (Lipinski definition) is 7. The molecule has 0 saturated heterocycles. The molecule has 8 N–H and O–H groups in total. The largest absolute Gasteiger partial charge is 0.507 e. The molecule has 0 bridgehead atoms. The van der Waals surface area contributed by atoms with Gasteiger partial charge in [-0.3, -0.25) is 18.5 Å². The van der Waals surface area contributed by atoms with Gasteiger partial charge in [-0.2, -0.15) is 25.3 Å². The van der Waals surface area contributed by atoms with Gasteiger partial charge in [-0.1, -0.05) is 24.3 Å². The second kappa shape index (κ2) is 18.5. The summed E-state index contributed by atoms with van der Waals surface area (Å²) >= 11 is 0. The van der Waals surface area contributed by atoms with E-state index in [-0.39, 0.29) is 54.9 Å². The highest BCUT2D eigenvalue weighted by atomic mass is 32.3. The molecule has 0 aliphatic rings. The summed E-state index contributed by atoms with van der Waals surface area (Å²) in [5.41, 5.74) is 4.38. The summed E-state index contributed by atoms with van der Waals surface area (Å²) in [6.07, 6.45) is 0. The number of nitrogen functional groups attached to an aromatic ring is 1. The van der Waals surface area contributed by atoms with Crippen molar-refractivity contribution in [2.45, 2.75) is 26.5 Å². The molecule has 0 unspecified atom stereocenters. The molecule has 0 radical (unpaired) electrons. The molecule has 6 aromatic rings. The molecule has 0 aliphatic carbocycles. The zero-order valence-electron chi connectivity index (χ0n) is 32.2. The van der Waals surface area contributed by atoms with Gasteiger partial charge in [-0.25, -0.2) is 0 Å². The van der Waals surface area contributed by atoms with Crippen LogP contribution in [0.3, 0.4) is 0 Å². The predicted octanol–water partition coefficient (Wildman–Crippen LogP) is 8.42. The molecule has 1 amide bonds. The molecule has 0 spiro atoms. The number of phenols is 2. The average molecular weight is 960 g/mol. The Bertz CT molecular complexity index is 3280. The van der Waals surface area contributed by atoms with Crippen LogP contribution in [0, 0.1) is 14.7 Å². The molecule has 0 heterocycles. The summed E-state index contributed by atoms with van der Waals surface area (Å²) in [6, 6.07) is 18.2. The summed E-state index contributed by atoms with van der Waals surface area (Å²) in [6.45, 7) is 1.12. The SMILES string of the molecule is COc1cc(N=Nc2cc(S(N=O)(N=O)N=O)cc3cc(S(=O)(=O)O)cc(O)c23)c(NC(C)=O)cc1N=Nc1c(S(=O)(=O)O)cc2ccc(N)cc2c1O.O=S(=O)(O)c1ccccc1. The fourth-order valence-electron chi connectivity index (χ4n) is 5.60. The lowest BCUT2D eigenvalue weighted by Crippen LogP contribution is -2.06. The number of azo groups is 2. The lowest BCUT2D eigenvalue weighted by molar-refractivity contribution is -0.114. The third kappa shape index (κ3) is 10.4. The van der Waals surface area contributed by atoms with Crippen molar-refractivity contribution in [1.29, 1.82) is 0 Å². The number of ether oxygens (including phenoxy) is 1. The first kappa shape index (κ1) is 47.6. The van der Waals surface area contributed by atoms with Gasteiger partial charge < -0.3 is 26.0 Å². The second-order valence-corrected chi connectivity index (χ2v) is 18.8. The lowest BCUT2D eigenvalue weighted by Gasteiger charge is -2.16. The number of nitroso groups, excluding NO2 is 3. The Labute approximate surface area is 361 Å². The topological polar surface area (TPSA) is 406 Å². The number of benzene rings is 6. The number of carbonyl (C=O) groups excluding carboxylic acids is 1. The first-order valence-corrected chi connectivity index (χ1v) is 22.8. The Morgan fingerprint density at radius 1 is 0.641 bits per heavy atom. The number of aromatic hydroxyl groups is 2. The molecular formula is C35H29N9O16S4. The van der Waals surface area contributed by atoms with Crippen LogP contribution in [0.1, 0.15) is 6.92 Å². The van der Waals surface area contributed by atoms with Crippen molar-refractivity contribution in [3.8, 4) is 17.2 Å². The minimum absolute atomic E-state index is 0.0741. The number of nitrogens with zero attached hydrogens (tertiary/aromatic N) is 7. The normalized spacial score (nSPS) is 12.5. The number of nitrogens with two attached hydrogens (primary N) is 1. The molecule has 334 valence electrons. The van der Waals surface area contributed by atoms with Crippen LogP contribution in [0.15, 0.2) is 145 Å². The number of rotatable bonds is 13. The van der Waals surface area contributed by atoms with Gasteiger partial charge in [-0.15, -0.1) is 35.2 Å². The molecular weight excluding hydrogens is 931 g/mol. The second-order valence-electron chi connectivity index (χ2n) is 12.6. The van der Waals surface area contributed by atoms with E-state index >= 15 is 0 Å². The van der Waals surface area contributed by atoms with Crippen LogP contribution in [0.25, 0.3) is 21.5 Å². The van der Waals surface area contributed by atoms with E-state index < -0.39 is 84.4 Å². The van der Waals surface area contributed by atoms with Crippen LogP contribution in [0.4, 0.5) is 34.1 Å². The quantitative estimate of drug-likeness (QED) is 0.0247. The minimum atomic E-state index is -4.98. The third-order valence-corrected chi connectivity index (χ3v) is 12.5. The maximum atomic E-state index is 12.3. The number of anilines is 2. The Kier molecular flexibility index (Phi) is 13.8. The monoisotopic (exact) mass is 959 g/mol. The molecule has 6 aromatic carbocycles. The third-order valence-electron chi connectivity index (χ3n) is 8.41. The number of nitrogens with one attached hydrogen (secondary N) is 1. The highest BCUT2D eigenvalue weighted by Gasteiger charge is 2.33. The molecule has 6 rings (SSSR count). The van der Waals surface area contributed by atoms with Gasteiger partial charge in [0.1, 0.15) is 33.5 Å². The van der Waals surface area contributed by atoms with Crippen molar-refractivity contribution in [2.75, 3.05) is 18.2 Å². The van der Waals surface area contributed by atoms with Gasteiger partial charge in [0.05, 0.1) is 38.6 Å². The van der Waals surface area contributed by atoms with Crippen LogP contribution in [0.2, 0.25) is 0 Å². The van der Waals surface area contributed by atoms with Gasteiger partial charge >= 0.3 is 0 Å². The van der Waals surface area contributed by atoms with Crippen LogP contribution < -0.4 is 15.8 Å². The van der Waals surface area contributed by atoms with Gasteiger partial charge in [0.15, 0.2) is 16.3 Å². The Morgan fingerprint density at radius 3 is 1.78 bits per heavy atom. The summed E-state index contributed by atoms with van der Waals surface area (Å²) in [5, 5.41) is 39.8. The first-order valence-electron chi connectivity index (χ1n) is 17.0. The Balaban J connectivity index is 0.000000678. The van der Waals surface area contributed by atoms with Crippen molar-refractivity contribution in [3.05, 3.63) is 106 Å². The summed E-state index contributed by atoms with van der Waals surface area (Å²) < 4.78 is 110. The van der Waals surface area contributed by atoms with Crippen molar-refractivity contribution in [3.63, 3.8) is 0 Å². The average Bonchev–Trinajstić information content (AvgIpc) is 3.23. The van der Waals surface area contributed by atoms with Crippen molar-refractivity contribution in [1.82, 2.24) is 0 Å². The van der Waals surface area contributed by atoms with Gasteiger partial charge in [0.2, 0.25) is 5.91 Å². The summed E-state index contributed by atoms with van der Waals surface area (Å²) in [4.78, 5) is 44.7. The highest BCUT2D eigenvalue weighted by molar-refractivity contribution is 8.30. The van der Waals surface area contributed by atoms with E-state index in [4.69, 9.17) is 15.0 Å². The zero-order chi connectivity index (χ0) is 47.4. The maximum absolute atomic E-state index is 12.3. The molecule has 0 atom stereocenters. The molecule has 64 heavy (non-hydrogen) atoms. The van der Waals surface area contributed by atoms with E-state index in [1.165, 1.54) is 37.4 Å². The fraction of sp³-hybridized carbons (Fsp3) is 0.0571. The Morgan fingerprint density at radius 2 is 1.23 bits per heavy atom. The maximum Gasteiger partial charge on any atom is 0.296 e. The molecule has 0 aliphatic heterocycles. The molecule has 0 fully saturated rings. The number of hydrogen-bond acceptors (Lipinski definition) is 21. The lowest BCUT2D eigenvalue weighted by atomic mass is 10.1. The van der Waals surface area contributed by atoms with Gasteiger partial charge in [-0.05, 0) is 65.4 Å². The number of carbonyl (C=O) groups is 1. The first-order chi connectivity index (χ1) is 30.0. The van der Waals surface area contributed by atoms with E-state index in [1.807, 2.05) is 0 Å². The fourth-order valence-corrected chi connectivity index (χ4v) is 8.19. The van der Waals surface area contributed by atoms with E-state index in [1.54, 1.807) is 18.2 Å². The van der Waals surface area contributed by atoms with E-state index in [0.717, 1.165) is 43.3 Å². The van der Waals surface area contributed by atoms with Crippen LogP contribution in [-0.2, 0) is 35.1 Å². The standard InChI is InChI=1S/C29H23N9O13S3.C6H6O3S/c1-13(39)31-20-11-22(33-35-28-26(54(48,49)50)7-14-3-4-16(30)8-19(14)29(28)41)25(51-2)12-21(20)32-34-23-9-17(52(36-42,37-43)38-44)5-15-6-18(53(45,46)47)10-24(40)27(15)23;7-10(8,9)6-4-2-1-3-5-6/h3-12,40-41H,30H2,1-2H3,(H,31,39)(H,45,46,47)(H,48,49,50);1-5H,(H,7,8,9).